The summed E-state index contributed by atoms with van der Waals surface area (Å²) in [5.41, 5.74) is 8.60. The van der Waals surface area contributed by atoms with Crippen LogP contribution in [-0.4, -0.2) is 17.4 Å². The van der Waals surface area contributed by atoms with Crippen molar-refractivity contribution in [2.24, 2.45) is 10.7 Å². The molecular weight excluding hydrogens is 264 g/mol. The summed E-state index contributed by atoms with van der Waals surface area (Å²) in [7, 11) is 0. The first kappa shape index (κ1) is 17.0. The van der Waals surface area contributed by atoms with Gasteiger partial charge in [0.1, 0.15) is 5.60 Å². The molecule has 1 rings (SSSR count). The third kappa shape index (κ3) is 6.25. The molecule has 0 heterocycles. The Bertz CT molecular complexity index is 548. The predicted molar refractivity (Wildman–Crippen MR) is 86.4 cm³/mol. The van der Waals surface area contributed by atoms with Crippen molar-refractivity contribution in [3.05, 3.63) is 47.2 Å². The second-order valence-corrected chi connectivity index (χ2v) is 6.00. The number of rotatable bonds is 3. The van der Waals surface area contributed by atoms with E-state index in [1.54, 1.807) is 6.92 Å². The maximum absolute atomic E-state index is 11.8. The fourth-order valence-electron chi connectivity index (χ4n) is 1.84. The van der Waals surface area contributed by atoms with E-state index >= 15 is 0 Å². The highest BCUT2D eigenvalue weighted by atomic mass is 16.6. The summed E-state index contributed by atoms with van der Waals surface area (Å²) in [6.45, 7) is 9.02. The van der Waals surface area contributed by atoms with Crippen LogP contribution in [-0.2, 0) is 11.2 Å². The minimum atomic E-state index is -0.591. The van der Waals surface area contributed by atoms with Gasteiger partial charge < -0.3 is 10.5 Å². The number of aliphatic imine (C=N–C) groups is 1. The van der Waals surface area contributed by atoms with Gasteiger partial charge in [-0.05, 0) is 45.8 Å². The molecule has 1 amide bonds. The number of carbonyl (C=O) groups is 1. The van der Waals surface area contributed by atoms with Crippen LogP contribution in [0.25, 0.3) is 0 Å². The largest absolute Gasteiger partial charge is 0.442 e. The second-order valence-electron chi connectivity index (χ2n) is 6.00. The van der Waals surface area contributed by atoms with Crippen molar-refractivity contribution in [2.45, 2.75) is 46.6 Å². The molecule has 0 fully saturated rings. The molecule has 2 N–H and O–H groups in total. The molecule has 1 aromatic carbocycles. The van der Waals surface area contributed by atoms with E-state index < -0.39 is 11.7 Å². The van der Waals surface area contributed by atoms with E-state index in [1.165, 1.54) is 0 Å². The van der Waals surface area contributed by atoms with Crippen molar-refractivity contribution in [2.75, 3.05) is 0 Å². The van der Waals surface area contributed by atoms with Crippen molar-refractivity contribution in [1.29, 1.82) is 0 Å². The van der Waals surface area contributed by atoms with Gasteiger partial charge in [0.15, 0.2) is 0 Å². The van der Waals surface area contributed by atoms with Gasteiger partial charge in [0, 0.05) is 12.1 Å². The molecule has 4 heteroatoms. The molecule has 0 aromatic heterocycles. The van der Waals surface area contributed by atoms with Gasteiger partial charge in [0.05, 0.1) is 5.71 Å². The van der Waals surface area contributed by atoms with Crippen LogP contribution in [0.2, 0.25) is 0 Å². The molecule has 1 aromatic rings. The van der Waals surface area contributed by atoms with Crippen LogP contribution in [0, 0.1) is 0 Å². The molecular formula is C17H24N2O2. The number of carbonyl (C=O) groups excluding carboxylic acids is 1. The summed E-state index contributed by atoms with van der Waals surface area (Å²) in [6.07, 6.45) is 0.0493. The van der Waals surface area contributed by atoms with Crippen LogP contribution in [0.4, 0.5) is 4.79 Å². The summed E-state index contributed by atoms with van der Waals surface area (Å²) in [6, 6.07) is 9.94. The first-order chi connectivity index (χ1) is 9.69. The summed E-state index contributed by atoms with van der Waals surface area (Å²) in [4.78, 5) is 15.8. The van der Waals surface area contributed by atoms with Gasteiger partial charge in [-0.3, -0.25) is 0 Å². The van der Waals surface area contributed by atoms with Crippen molar-refractivity contribution in [3.63, 3.8) is 0 Å². The Hall–Kier alpha value is -2.10. The average molecular weight is 288 g/mol. The molecule has 4 nitrogen and oxygen atoms in total. The average Bonchev–Trinajstić information content (AvgIpc) is 2.34. The van der Waals surface area contributed by atoms with E-state index in [1.807, 2.05) is 58.0 Å². The van der Waals surface area contributed by atoms with E-state index in [4.69, 9.17) is 10.5 Å². The molecule has 0 atom stereocenters. The van der Waals surface area contributed by atoms with Crippen LogP contribution in [0.3, 0.4) is 0 Å². The van der Waals surface area contributed by atoms with Gasteiger partial charge in [-0.1, -0.05) is 30.3 Å². The lowest BCUT2D eigenvalue weighted by Crippen LogP contribution is -2.23. The molecule has 0 aliphatic carbocycles. The molecule has 0 saturated carbocycles. The van der Waals surface area contributed by atoms with E-state index in [-0.39, 0.29) is 0 Å². The molecule has 0 saturated heterocycles. The number of allylic oxidation sites excluding steroid dienone is 2. The van der Waals surface area contributed by atoms with Crippen molar-refractivity contribution in [1.82, 2.24) is 0 Å². The fourth-order valence-corrected chi connectivity index (χ4v) is 1.84. The highest BCUT2D eigenvalue weighted by Gasteiger charge is 2.16. The molecule has 0 radical (unpaired) electrons. The molecule has 0 aliphatic rings. The Balaban J connectivity index is 2.92. The molecule has 0 aliphatic heterocycles. The molecule has 21 heavy (non-hydrogen) atoms. The van der Waals surface area contributed by atoms with Crippen LogP contribution in [0.15, 0.2) is 46.6 Å². The molecule has 0 unspecified atom stereocenters. The number of amides is 1. The Labute approximate surface area is 126 Å². The Morgan fingerprint density at radius 1 is 1.19 bits per heavy atom. The first-order valence-corrected chi connectivity index (χ1v) is 6.97. The zero-order chi connectivity index (χ0) is 16.0. The minimum absolute atomic E-state index is 0.554. The first-order valence-electron chi connectivity index (χ1n) is 6.97. The fraction of sp³-hybridized carbons (Fsp3) is 0.412. The number of hydrogen-bond acceptors (Lipinski definition) is 3. The number of ether oxygens (including phenoxy) is 1. The van der Waals surface area contributed by atoms with E-state index in [0.717, 1.165) is 11.1 Å². The normalized spacial score (nSPS) is 13.7. The smallest absolute Gasteiger partial charge is 0.434 e. The van der Waals surface area contributed by atoms with Gasteiger partial charge in [0.25, 0.3) is 0 Å². The van der Waals surface area contributed by atoms with E-state index in [0.29, 0.717) is 17.8 Å². The molecule has 0 spiro atoms. The minimum Gasteiger partial charge on any atom is -0.442 e. The Morgan fingerprint density at radius 2 is 1.76 bits per heavy atom. The van der Waals surface area contributed by atoms with Crippen LogP contribution in [0.5, 0.6) is 0 Å². The lowest BCUT2D eigenvalue weighted by molar-refractivity contribution is 0.0604. The lowest BCUT2D eigenvalue weighted by atomic mass is 10.0. The third-order valence-electron chi connectivity index (χ3n) is 2.79. The van der Waals surface area contributed by atoms with Gasteiger partial charge >= 0.3 is 6.09 Å². The zero-order valence-corrected chi connectivity index (χ0v) is 13.4. The Morgan fingerprint density at radius 3 is 2.24 bits per heavy atom. The van der Waals surface area contributed by atoms with Crippen LogP contribution in [0.1, 0.15) is 40.2 Å². The van der Waals surface area contributed by atoms with Crippen molar-refractivity contribution < 1.29 is 9.53 Å². The topological polar surface area (TPSA) is 64.7 Å². The maximum Gasteiger partial charge on any atom is 0.434 e. The van der Waals surface area contributed by atoms with Crippen molar-refractivity contribution in [3.8, 4) is 0 Å². The second kappa shape index (κ2) is 7.07. The summed E-state index contributed by atoms with van der Waals surface area (Å²) in [5, 5.41) is 0. The summed E-state index contributed by atoms with van der Waals surface area (Å²) in [5.74, 6) is 0. The summed E-state index contributed by atoms with van der Waals surface area (Å²) < 4.78 is 5.20. The number of nitrogens with two attached hydrogens (primary N) is 1. The van der Waals surface area contributed by atoms with Gasteiger partial charge in [-0.25, -0.2) is 4.79 Å². The van der Waals surface area contributed by atoms with Gasteiger partial charge in [-0.15, -0.1) is 0 Å². The monoisotopic (exact) mass is 288 g/mol. The molecule has 0 bridgehead atoms. The quantitative estimate of drug-likeness (QED) is 0.859. The predicted octanol–water partition coefficient (Wildman–Crippen LogP) is 3.86. The Kier molecular flexibility index (Phi) is 5.70. The number of nitrogens with zero attached hydrogens (tertiary/aromatic N) is 1. The highest BCUT2D eigenvalue weighted by molar-refractivity contribution is 6.04. The van der Waals surface area contributed by atoms with E-state index in [2.05, 4.69) is 4.99 Å². The van der Waals surface area contributed by atoms with E-state index in [9.17, 15) is 4.79 Å². The van der Waals surface area contributed by atoms with Crippen molar-refractivity contribution >= 4 is 11.8 Å². The maximum atomic E-state index is 11.8. The SMILES string of the molecule is C/C(N)=C(Cc1ccccc1)/C(C)=N/C(=O)OC(C)(C)C. The summed E-state index contributed by atoms with van der Waals surface area (Å²) >= 11 is 0. The third-order valence-corrected chi connectivity index (χ3v) is 2.79. The number of hydrogen-bond donors (Lipinski definition) is 1. The van der Waals surface area contributed by atoms with Crippen LogP contribution < -0.4 is 5.73 Å². The van der Waals surface area contributed by atoms with Gasteiger partial charge in [0.2, 0.25) is 0 Å². The van der Waals surface area contributed by atoms with Gasteiger partial charge in [-0.2, -0.15) is 4.99 Å². The highest BCUT2D eigenvalue weighted by Crippen LogP contribution is 2.14. The standard InChI is InChI=1S/C17H24N2O2/c1-12(18)15(11-14-9-7-6-8-10-14)13(2)19-16(20)21-17(3,4)5/h6-10H,11,18H2,1-5H3/b15-12-,19-13+. The number of benzene rings is 1. The lowest BCUT2D eigenvalue weighted by Gasteiger charge is -2.18. The van der Waals surface area contributed by atoms with Crippen LogP contribution >= 0.6 is 0 Å². The zero-order valence-electron chi connectivity index (χ0n) is 13.4. The molecule has 114 valence electrons.